The smallest absolute Gasteiger partial charge is 0.0714 e. The summed E-state index contributed by atoms with van der Waals surface area (Å²) in [6.45, 7) is 2.43. The Balaban J connectivity index is 0.993. The summed E-state index contributed by atoms with van der Waals surface area (Å²) in [5.74, 6) is 0. The molecular formula is C69H47NS. The Hall–Kier alpha value is -8.56. The minimum Gasteiger partial charge on any atom is -0.310 e. The second-order valence-corrected chi connectivity index (χ2v) is 20.3. The first kappa shape index (κ1) is 41.4. The van der Waals surface area contributed by atoms with Crippen LogP contribution in [-0.4, -0.2) is 0 Å². The van der Waals surface area contributed by atoms with Crippen LogP contribution < -0.4 is 4.90 Å². The van der Waals surface area contributed by atoms with Gasteiger partial charge >= 0.3 is 0 Å². The molecule has 0 saturated carbocycles. The zero-order chi connectivity index (χ0) is 47.1. The van der Waals surface area contributed by atoms with Crippen molar-refractivity contribution < 1.29 is 0 Å². The summed E-state index contributed by atoms with van der Waals surface area (Å²) in [5, 5.41) is 2.64. The minimum absolute atomic E-state index is 0.414. The van der Waals surface area contributed by atoms with E-state index in [1.165, 1.54) is 104 Å². The molecule has 0 spiro atoms. The van der Waals surface area contributed by atoms with Crippen molar-refractivity contribution >= 4 is 48.6 Å². The third-order valence-electron chi connectivity index (χ3n) is 15.6. The van der Waals surface area contributed by atoms with Gasteiger partial charge in [0.25, 0.3) is 0 Å². The zero-order valence-corrected chi connectivity index (χ0v) is 40.1. The molecule has 2 heteroatoms. The number of hydrogen-bond acceptors (Lipinski definition) is 2. The van der Waals surface area contributed by atoms with Crippen molar-refractivity contribution in [2.75, 3.05) is 4.90 Å². The maximum atomic E-state index is 2.50. The van der Waals surface area contributed by atoms with Gasteiger partial charge in [-0.15, -0.1) is 11.3 Å². The van der Waals surface area contributed by atoms with Gasteiger partial charge < -0.3 is 4.90 Å². The molecule has 71 heavy (non-hydrogen) atoms. The number of hydrogen-bond donors (Lipinski definition) is 0. The summed E-state index contributed by atoms with van der Waals surface area (Å²) in [7, 11) is 0. The van der Waals surface area contributed by atoms with Crippen LogP contribution in [0.5, 0.6) is 0 Å². The van der Waals surface area contributed by atoms with Crippen LogP contribution in [0.1, 0.15) is 45.9 Å². The summed E-state index contributed by atoms with van der Waals surface area (Å²) in [5.41, 5.74) is 21.4. The highest BCUT2D eigenvalue weighted by Crippen LogP contribution is 2.59. The standard InChI is InChI=1S/C69H47NS/c1-68(49-21-8-3-9-22-49)62-31-18-29-55(47-19-6-2-7-20-47)67(62)60-42-39-53(44-63(60)68)70(52-36-33-46(34-37-52)48-35-40-59-58-28-15-17-32-65(58)71-66(59)43-48)54-38-41-57-56-27-14-16-30-61(56)69(64(57)45-54,50-23-10-4-11-24-50)51-25-12-5-13-26-51/h2-45H,1H3. The maximum absolute atomic E-state index is 2.50. The fourth-order valence-corrected chi connectivity index (χ4v) is 13.5. The summed E-state index contributed by atoms with van der Waals surface area (Å²) in [6, 6.07) is 99.6. The molecule has 11 aromatic carbocycles. The lowest BCUT2D eigenvalue weighted by atomic mass is 9.67. The average molecular weight is 922 g/mol. The van der Waals surface area contributed by atoms with Crippen LogP contribution in [0.3, 0.4) is 0 Å². The predicted octanol–water partition coefficient (Wildman–Crippen LogP) is 18.6. The Kier molecular flexibility index (Phi) is 9.49. The third kappa shape index (κ3) is 6.24. The number of thiophene rings is 1. The van der Waals surface area contributed by atoms with Gasteiger partial charge in [-0.05, 0) is 139 Å². The lowest BCUT2D eigenvalue weighted by molar-refractivity contribution is 0.714. The summed E-state index contributed by atoms with van der Waals surface area (Å²) < 4.78 is 2.63. The van der Waals surface area contributed by atoms with Crippen LogP contribution in [0.15, 0.2) is 267 Å². The van der Waals surface area contributed by atoms with E-state index in [1.54, 1.807) is 0 Å². The molecule has 0 N–H and O–H groups in total. The molecule has 1 nitrogen and oxygen atoms in total. The number of anilines is 3. The SMILES string of the molecule is CC1(c2ccccc2)c2cc(N(c3ccc(-c4ccc5c(c4)sc4ccccc45)cc3)c3ccc4c(c3)C(c3ccccc3)(c3ccccc3)c3ccccc3-4)ccc2-c2c(-c3ccccc3)cccc21. The Morgan fingerprint density at radius 3 is 1.55 bits per heavy atom. The lowest BCUT2D eigenvalue weighted by Crippen LogP contribution is -2.28. The first-order chi connectivity index (χ1) is 35.1. The van der Waals surface area contributed by atoms with E-state index in [0.29, 0.717) is 0 Å². The van der Waals surface area contributed by atoms with Gasteiger partial charge in [0, 0.05) is 42.6 Å². The second-order valence-electron chi connectivity index (χ2n) is 19.3. The van der Waals surface area contributed by atoms with Crippen molar-refractivity contribution in [2.24, 2.45) is 0 Å². The van der Waals surface area contributed by atoms with E-state index in [4.69, 9.17) is 0 Å². The normalized spacial score (nSPS) is 15.0. The predicted molar refractivity (Wildman–Crippen MR) is 300 cm³/mol. The fourth-order valence-electron chi connectivity index (χ4n) is 12.4. The van der Waals surface area contributed by atoms with Crippen LogP contribution in [0.25, 0.3) is 64.7 Å². The molecule has 0 amide bonds. The van der Waals surface area contributed by atoms with Gasteiger partial charge in [-0.1, -0.05) is 218 Å². The van der Waals surface area contributed by atoms with Gasteiger partial charge in [-0.3, -0.25) is 0 Å². The highest BCUT2D eigenvalue weighted by Gasteiger charge is 2.47. The quantitative estimate of drug-likeness (QED) is 0.147. The Morgan fingerprint density at radius 1 is 0.310 bits per heavy atom. The van der Waals surface area contributed by atoms with Gasteiger partial charge in [0.2, 0.25) is 0 Å². The van der Waals surface area contributed by atoms with Crippen LogP contribution in [0, 0.1) is 0 Å². The highest BCUT2D eigenvalue weighted by molar-refractivity contribution is 7.25. The topological polar surface area (TPSA) is 3.24 Å². The van der Waals surface area contributed by atoms with E-state index in [9.17, 15) is 0 Å². The van der Waals surface area contributed by atoms with E-state index >= 15 is 0 Å². The summed E-state index contributed by atoms with van der Waals surface area (Å²) >= 11 is 1.87. The van der Waals surface area contributed by atoms with E-state index in [2.05, 4.69) is 279 Å². The molecule has 0 fully saturated rings. The van der Waals surface area contributed by atoms with Crippen molar-refractivity contribution in [1.82, 2.24) is 0 Å². The molecule has 334 valence electrons. The number of rotatable bonds is 8. The van der Waals surface area contributed by atoms with Crippen LogP contribution in [0.4, 0.5) is 17.1 Å². The van der Waals surface area contributed by atoms with Gasteiger partial charge in [0.05, 0.1) is 5.41 Å². The molecule has 1 atom stereocenters. The largest absolute Gasteiger partial charge is 0.310 e. The number of nitrogens with zero attached hydrogens (tertiary/aromatic N) is 1. The molecule has 1 aromatic heterocycles. The lowest BCUT2D eigenvalue weighted by Gasteiger charge is -2.35. The molecule has 2 aliphatic carbocycles. The van der Waals surface area contributed by atoms with E-state index in [1.807, 2.05) is 11.3 Å². The van der Waals surface area contributed by atoms with E-state index in [-0.39, 0.29) is 0 Å². The van der Waals surface area contributed by atoms with Crippen molar-refractivity contribution in [3.8, 4) is 44.5 Å². The van der Waals surface area contributed by atoms with Crippen molar-refractivity contribution in [1.29, 1.82) is 0 Å². The van der Waals surface area contributed by atoms with Crippen molar-refractivity contribution in [3.05, 3.63) is 306 Å². The summed E-state index contributed by atoms with van der Waals surface area (Å²) in [6.07, 6.45) is 0. The monoisotopic (exact) mass is 921 g/mol. The van der Waals surface area contributed by atoms with Gasteiger partial charge in [-0.25, -0.2) is 0 Å². The summed E-state index contributed by atoms with van der Waals surface area (Å²) in [4.78, 5) is 2.50. The van der Waals surface area contributed by atoms with Gasteiger partial charge in [-0.2, -0.15) is 0 Å². The molecule has 2 aliphatic rings. The molecular weight excluding hydrogens is 875 g/mol. The molecule has 0 saturated heterocycles. The molecule has 12 aromatic rings. The van der Waals surface area contributed by atoms with Crippen LogP contribution in [-0.2, 0) is 10.8 Å². The average Bonchev–Trinajstić information content (AvgIpc) is 4.06. The third-order valence-corrected chi connectivity index (χ3v) is 16.8. The van der Waals surface area contributed by atoms with Crippen LogP contribution >= 0.6 is 11.3 Å². The Bertz CT molecular complexity index is 3950. The van der Waals surface area contributed by atoms with Crippen LogP contribution in [0.2, 0.25) is 0 Å². The Morgan fingerprint density at radius 2 is 0.831 bits per heavy atom. The van der Waals surface area contributed by atoms with E-state index in [0.717, 1.165) is 17.1 Å². The van der Waals surface area contributed by atoms with Gasteiger partial charge in [0.15, 0.2) is 0 Å². The molecule has 1 unspecified atom stereocenters. The first-order valence-corrected chi connectivity index (χ1v) is 25.5. The van der Waals surface area contributed by atoms with Crippen molar-refractivity contribution in [3.63, 3.8) is 0 Å². The molecule has 0 radical (unpaired) electrons. The molecule has 0 aliphatic heterocycles. The maximum Gasteiger partial charge on any atom is 0.0714 e. The van der Waals surface area contributed by atoms with Gasteiger partial charge in [0.1, 0.15) is 0 Å². The fraction of sp³-hybridized carbons (Fsp3) is 0.0435. The minimum atomic E-state index is -0.537. The molecule has 1 heterocycles. The van der Waals surface area contributed by atoms with E-state index < -0.39 is 10.8 Å². The highest BCUT2D eigenvalue weighted by atomic mass is 32.1. The zero-order valence-electron chi connectivity index (χ0n) is 39.3. The Labute approximate surface area is 419 Å². The first-order valence-electron chi connectivity index (χ1n) is 24.7. The molecule has 14 rings (SSSR count). The second kappa shape index (κ2) is 16.3. The number of fused-ring (bicyclic) bond motifs is 9. The number of benzene rings is 11. The molecule has 0 bridgehead atoms. The van der Waals surface area contributed by atoms with Crippen molar-refractivity contribution in [2.45, 2.75) is 17.8 Å².